The van der Waals surface area contributed by atoms with Crippen LogP contribution in [-0.4, -0.2) is 51.0 Å². The smallest absolute Gasteiger partial charge is 0.237 e. The van der Waals surface area contributed by atoms with E-state index in [9.17, 15) is 18.0 Å². The zero-order valence-electron chi connectivity index (χ0n) is 16.2. The topological polar surface area (TPSA) is 180 Å². The molecule has 0 heterocycles. The molecule has 0 aromatic heterocycles. The number of hydrazine groups is 1. The highest BCUT2D eigenvalue weighted by atomic mass is 33.1. The molecule has 1 rings (SSSR count). The lowest BCUT2D eigenvalue weighted by molar-refractivity contribution is -0.119. The van der Waals surface area contributed by atoms with Crippen molar-refractivity contribution in [2.45, 2.75) is 37.1 Å². The number of hydrogen-bond acceptors (Lipinski definition) is 9. The lowest BCUT2D eigenvalue weighted by Gasteiger charge is -2.12. The van der Waals surface area contributed by atoms with Gasteiger partial charge in [0.25, 0.3) is 0 Å². The highest BCUT2D eigenvalue weighted by Crippen LogP contribution is 2.24. The van der Waals surface area contributed by atoms with Gasteiger partial charge in [-0.05, 0) is 31.9 Å². The van der Waals surface area contributed by atoms with Gasteiger partial charge in [0.1, 0.15) is 0 Å². The summed E-state index contributed by atoms with van der Waals surface area (Å²) in [7, 11) is -3.45. The molecule has 0 spiro atoms. The molecule has 12 heteroatoms. The highest BCUT2D eigenvalue weighted by Gasteiger charge is 2.20. The largest absolute Gasteiger partial charge is 0.370 e. The van der Waals surface area contributed by atoms with Crippen molar-refractivity contribution in [2.24, 2.45) is 11.5 Å². The maximum atomic E-state index is 12.2. The second-order valence-corrected chi connectivity index (χ2v) is 10.1. The maximum Gasteiger partial charge on any atom is 0.237 e. The number of benzene rings is 1. The number of hydrogen-bond donors (Lipinski definition) is 6. The number of nitrogens with two attached hydrogens (primary N) is 2. The molecular formula is C17H28N6O4S2. The Morgan fingerprint density at radius 3 is 2.45 bits per heavy atom. The molecule has 1 unspecified atom stereocenters. The molecule has 1 aromatic carbocycles. The Bertz CT molecular complexity index is 799. The summed E-state index contributed by atoms with van der Waals surface area (Å²) < 4.78 is 24.4. The summed E-state index contributed by atoms with van der Waals surface area (Å²) in [5.74, 6) is -0.335. The molecule has 0 saturated heterocycles. The number of carbonyl (C=O) groups excluding carboxylic acids is 2. The van der Waals surface area contributed by atoms with Crippen molar-refractivity contribution in [1.82, 2.24) is 16.2 Å². The van der Waals surface area contributed by atoms with Crippen LogP contribution in [0, 0.1) is 12.3 Å². The molecule has 0 bridgehead atoms. The van der Waals surface area contributed by atoms with Gasteiger partial charge in [-0.25, -0.2) is 8.42 Å². The number of aryl methyl sites for hydroxylation is 1. The Balaban J connectivity index is 2.22. The summed E-state index contributed by atoms with van der Waals surface area (Å²) in [5, 5.41) is 9.15. The van der Waals surface area contributed by atoms with E-state index in [4.69, 9.17) is 16.9 Å². The summed E-state index contributed by atoms with van der Waals surface area (Å²) in [6.45, 7) is 2.45. The molecule has 1 aromatic rings. The number of carbonyl (C=O) groups is 2. The maximum absolute atomic E-state index is 12.2. The fraction of sp³-hybridized carbons (Fsp3) is 0.471. The predicted octanol–water partition coefficient (Wildman–Crippen LogP) is -0.413. The third-order valence-electron chi connectivity index (χ3n) is 3.77. The van der Waals surface area contributed by atoms with Crippen molar-refractivity contribution < 1.29 is 18.0 Å². The molecule has 29 heavy (non-hydrogen) atoms. The second kappa shape index (κ2) is 12.5. The third kappa shape index (κ3) is 10.4. The molecule has 0 radical (unpaired) electrons. The number of ketones is 1. The highest BCUT2D eigenvalue weighted by molar-refractivity contribution is 8.77. The fourth-order valence-electron chi connectivity index (χ4n) is 2.16. The zero-order valence-corrected chi connectivity index (χ0v) is 17.9. The van der Waals surface area contributed by atoms with Gasteiger partial charge in [0.2, 0.25) is 14.0 Å². The van der Waals surface area contributed by atoms with Crippen molar-refractivity contribution in [3.63, 3.8) is 0 Å². The van der Waals surface area contributed by atoms with Crippen molar-refractivity contribution in [3.05, 3.63) is 29.8 Å². The van der Waals surface area contributed by atoms with Crippen LogP contribution in [0.2, 0.25) is 0 Å². The van der Waals surface area contributed by atoms with E-state index in [1.807, 2.05) is 6.92 Å². The SMILES string of the molecule is Cc1ccc(S(=O)(=O)SC(=O)CCNNCC(=O)C(N)CCCNC(=N)N)cc1. The van der Waals surface area contributed by atoms with Gasteiger partial charge in [-0.3, -0.25) is 25.8 Å². The van der Waals surface area contributed by atoms with Crippen LogP contribution in [0.25, 0.3) is 0 Å². The zero-order chi connectivity index (χ0) is 21.9. The molecule has 0 amide bonds. The minimum Gasteiger partial charge on any atom is -0.370 e. The summed E-state index contributed by atoms with van der Waals surface area (Å²) in [6, 6.07) is 5.64. The van der Waals surface area contributed by atoms with Crippen LogP contribution in [-0.2, 0) is 18.5 Å². The Kier molecular flexibility index (Phi) is 10.8. The lowest BCUT2D eigenvalue weighted by atomic mass is 10.1. The van der Waals surface area contributed by atoms with Gasteiger partial charge < -0.3 is 16.8 Å². The van der Waals surface area contributed by atoms with E-state index in [-0.39, 0.29) is 36.1 Å². The van der Waals surface area contributed by atoms with Gasteiger partial charge >= 0.3 is 0 Å². The van der Waals surface area contributed by atoms with E-state index in [2.05, 4.69) is 16.2 Å². The van der Waals surface area contributed by atoms with Crippen LogP contribution in [0.1, 0.15) is 24.8 Å². The molecule has 0 aliphatic heterocycles. The van der Waals surface area contributed by atoms with E-state index < -0.39 is 20.0 Å². The minimum atomic E-state index is -3.74. The standard InChI is InChI=1S/C17H28N6O4S2/c1-12-4-6-13(7-5-12)29(26,27)28-16(25)8-10-22-23-11-15(24)14(18)3-2-9-21-17(19)20/h4-7,14,22-23H,2-3,8-11,18H2,1H3,(H4,19,20,21). The minimum absolute atomic E-state index is 0.0235. The van der Waals surface area contributed by atoms with Crippen LogP contribution >= 0.6 is 10.8 Å². The second-order valence-electron chi connectivity index (χ2n) is 6.31. The Labute approximate surface area is 174 Å². The van der Waals surface area contributed by atoms with Crippen molar-refractivity contribution >= 4 is 36.5 Å². The van der Waals surface area contributed by atoms with Crippen LogP contribution in [0.4, 0.5) is 0 Å². The van der Waals surface area contributed by atoms with E-state index in [1.165, 1.54) is 12.1 Å². The Morgan fingerprint density at radius 2 is 1.83 bits per heavy atom. The van der Waals surface area contributed by atoms with Gasteiger partial charge in [0.15, 0.2) is 11.7 Å². The normalized spacial score (nSPS) is 12.3. The van der Waals surface area contributed by atoms with Gasteiger partial charge in [-0.15, -0.1) is 0 Å². The number of guanidine groups is 1. The van der Waals surface area contributed by atoms with Crippen molar-refractivity contribution in [3.8, 4) is 0 Å². The monoisotopic (exact) mass is 444 g/mol. The first-order chi connectivity index (χ1) is 13.6. The first kappa shape index (κ1) is 25.0. The number of Topliss-reactive ketones (excluding diaryl/α,β-unsaturated/α-hetero) is 1. The van der Waals surface area contributed by atoms with E-state index in [0.717, 1.165) is 5.56 Å². The van der Waals surface area contributed by atoms with Gasteiger partial charge in [0.05, 0.1) is 17.5 Å². The quantitative estimate of drug-likeness (QED) is 0.0769. The molecule has 0 aliphatic rings. The first-order valence-corrected chi connectivity index (χ1v) is 11.8. The van der Waals surface area contributed by atoms with Gasteiger partial charge in [0, 0.05) is 30.3 Å². The molecule has 0 saturated carbocycles. The van der Waals surface area contributed by atoms with Crippen molar-refractivity contribution in [1.29, 1.82) is 5.41 Å². The van der Waals surface area contributed by atoms with Gasteiger partial charge in [-0.2, -0.15) is 0 Å². The van der Waals surface area contributed by atoms with Gasteiger partial charge in [-0.1, -0.05) is 17.7 Å². The van der Waals surface area contributed by atoms with Crippen LogP contribution in [0.3, 0.4) is 0 Å². The Hall–Kier alpha value is -1.99. The summed E-state index contributed by atoms with van der Waals surface area (Å²) >= 11 is 0. The molecule has 1 atom stereocenters. The molecule has 162 valence electrons. The molecular weight excluding hydrogens is 416 g/mol. The lowest BCUT2D eigenvalue weighted by Crippen LogP contribution is -2.43. The molecule has 0 aliphatic carbocycles. The van der Waals surface area contributed by atoms with Crippen molar-refractivity contribution in [2.75, 3.05) is 19.6 Å². The fourth-order valence-corrected chi connectivity index (χ4v) is 4.76. The average molecular weight is 445 g/mol. The van der Waals surface area contributed by atoms with Crippen LogP contribution in [0.15, 0.2) is 29.2 Å². The summed E-state index contributed by atoms with van der Waals surface area (Å²) in [4.78, 5) is 23.9. The first-order valence-electron chi connectivity index (χ1n) is 8.97. The van der Waals surface area contributed by atoms with E-state index >= 15 is 0 Å². The average Bonchev–Trinajstić information content (AvgIpc) is 2.64. The summed E-state index contributed by atoms with van der Waals surface area (Å²) in [5.41, 5.74) is 17.2. The Morgan fingerprint density at radius 1 is 1.17 bits per heavy atom. The third-order valence-corrected chi connectivity index (χ3v) is 7.03. The number of nitrogens with one attached hydrogen (secondary N) is 4. The van der Waals surface area contributed by atoms with E-state index in [1.54, 1.807) is 12.1 Å². The molecule has 0 fully saturated rings. The predicted molar refractivity (Wildman–Crippen MR) is 114 cm³/mol. The molecule has 8 N–H and O–H groups in total. The van der Waals surface area contributed by atoms with Crippen LogP contribution < -0.4 is 27.6 Å². The van der Waals surface area contributed by atoms with Crippen LogP contribution in [0.5, 0.6) is 0 Å². The number of rotatable bonds is 13. The van der Waals surface area contributed by atoms with E-state index in [0.29, 0.717) is 30.2 Å². The summed E-state index contributed by atoms with van der Waals surface area (Å²) in [6.07, 6.45) is 1.02. The molecule has 10 nitrogen and oxygen atoms in total.